The van der Waals surface area contributed by atoms with Crippen molar-refractivity contribution in [2.75, 3.05) is 37.7 Å². The number of halogens is 1. The second-order valence-corrected chi connectivity index (χ2v) is 5.13. The zero-order chi connectivity index (χ0) is 13.9. The molecule has 0 aliphatic carbocycles. The number of hydrogen-bond donors (Lipinski definition) is 0. The van der Waals surface area contributed by atoms with Crippen LogP contribution in [0, 0.1) is 5.95 Å². The van der Waals surface area contributed by atoms with Gasteiger partial charge < -0.3 is 14.5 Å². The average molecular weight is 279 g/mol. The quantitative estimate of drug-likeness (QED) is 0.759. The summed E-state index contributed by atoms with van der Waals surface area (Å²) in [5, 5.41) is 0. The summed E-state index contributed by atoms with van der Waals surface area (Å²) < 4.78 is 18.5. The molecule has 1 aromatic rings. The number of piperazine rings is 1. The van der Waals surface area contributed by atoms with Gasteiger partial charge in [-0.25, -0.2) is 4.98 Å². The average Bonchev–Trinajstić information content (AvgIpc) is 3.01. The third-order valence-electron chi connectivity index (χ3n) is 3.82. The molecule has 1 amide bonds. The highest BCUT2D eigenvalue weighted by Gasteiger charge is 2.30. The summed E-state index contributed by atoms with van der Waals surface area (Å²) in [5.74, 6) is 0.254. The maximum absolute atomic E-state index is 13.1. The summed E-state index contributed by atoms with van der Waals surface area (Å²) in [6.07, 6.45) is 1.53. The van der Waals surface area contributed by atoms with Crippen LogP contribution in [0.2, 0.25) is 0 Å². The zero-order valence-electron chi connectivity index (χ0n) is 11.3. The number of nitrogens with zero attached hydrogens (tertiary/aromatic N) is 3. The molecule has 0 saturated carbocycles. The van der Waals surface area contributed by atoms with Crippen LogP contribution in [0.25, 0.3) is 0 Å². The fourth-order valence-corrected chi connectivity index (χ4v) is 2.71. The van der Waals surface area contributed by atoms with Crippen LogP contribution in [0.15, 0.2) is 18.2 Å². The van der Waals surface area contributed by atoms with Crippen molar-refractivity contribution in [1.29, 1.82) is 0 Å². The topological polar surface area (TPSA) is 45.7 Å². The SMILES string of the molecule is O=C([C@H]1CCCO1)N1CCN(c2cccc(F)n2)CC1. The van der Waals surface area contributed by atoms with Gasteiger partial charge in [0.15, 0.2) is 0 Å². The van der Waals surface area contributed by atoms with Crippen molar-refractivity contribution in [3.8, 4) is 0 Å². The number of carbonyl (C=O) groups excluding carboxylic acids is 1. The molecule has 0 spiro atoms. The van der Waals surface area contributed by atoms with Gasteiger partial charge in [0.1, 0.15) is 11.9 Å². The second-order valence-electron chi connectivity index (χ2n) is 5.13. The molecular weight excluding hydrogens is 261 g/mol. The zero-order valence-corrected chi connectivity index (χ0v) is 11.3. The number of pyridine rings is 1. The van der Waals surface area contributed by atoms with E-state index in [1.807, 2.05) is 9.80 Å². The van der Waals surface area contributed by atoms with E-state index in [-0.39, 0.29) is 12.0 Å². The Balaban J connectivity index is 1.58. The van der Waals surface area contributed by atoms with Crippen LogP contribution in [-0.4, -0.2) is 54.7 Å². The van der Waals surface area contributed by atoms with Crippen molar-refractivity contribution in [2.45, 2.75) is 18.9 Å². The lowest BCUT2D eigenvalue weighted by molar-refractivity contribution is -0.141. The first-order valence-corrected chi connectivity index (χ1v) is 7.02. The monoisotopic (exact) mass is 279 g/mol. The van der Waals surface area contributed by atoms with Gasteiger partial charge in [0.25, 0.3) is 5.91 Å². The van der Waals surface area contributed by atoms with Crippen LogP contribution >= 0.6 is 0 Å². The minimum atomic E-state index is -0.472. The van der Waals surface area contributed by atoms with Crippen LogP contribution in [0.4, 0.5) is 10.2 Å². The molecule has 20 heavy (non-hydrogen) atoms. The summed E-state index contributed by atoms with van der Waals surface area (Å²) >= 11 is 0. The van der Waals surface area contributed by atoms with E-state index < -0.39 is 5.95 Å². The van der Waals surface area contributed by atoms with Crippen molar-refractivity contribution < 1.29 is 13.9 Å². The molecule has 0 unspecified atom stereocenters. The molecule has 3 rings (SSSR count). The first-order valence-electron chi connectivity index (χ1n) is 7.02. The minimum Gasteiger partial charge on any atom is -0.368 e. The minimum absolute atomic E-state index is 0.0920. The third-order valence-corrected chi connectivity index (χ3v) is 3.82. The second kappa shape index (κ2) is 5.75. The molecule has 108 valence electrons. The summed E-state index contributed by atoms with van der Waals surface area (Å²) in [5.41, 5.74) is 0. The van der Waals surface area contributed by atoms with Crippen LogP contribution in [-0.2, 0) is 9.53 Å². The normalized spacial score (nSPS) is 23.1. The molecule has 1 atom stereocenters. The summed E-state index contributed by atoms with van der Waals surface area (Å²) in [7, 11) is 0. The van der Waals surface area contributed by atoms with Gasteiger partial charge >= 0.3 is 0 Å². The van der Waals surface area contributed by atoms with Gasteiger partial charge in [-0.3, -0.25) is 4.79 Å². The summed E-state index contributed by atoms with van der Waals surface area (Å²) in [6.45, 7) is 3.31. The molecule has 3 heterocycles. The van der Waals surface area contributed by atoms with E-state index in [2.05, 4.69) is 4.98 Å². The number of carbonyl (C=O) groups is 1. The molecule has 2 aliphatic rings. The van der Waals surface area contributed by atoms with Gasteiger partial charge in [0.2, 0.25) is 5.95 Å². The van der Waals surface area contributed by atoms with Gasteiger partial charge in [0.05, 0.1) is 0 Å². The molecule has 0 N–H and O–H groups in total. The fraction of sp³-hybridized carbons (Fsp3) is 0.571. The van der Waals surface area contributed by atoms with E-state index in [4.69, 9.17) is 4.74 Å². The highest BCUT2D eigenvalue weighted by atomic mass is 19.1. The van der Waals surface area contributed by atoms with E-state index in [0.717, 1.165) is 12.8 Å². The lowest BCUT2D eigenvalue weighted by Crippen LogP contribution is -2.51. The fourth-order valence-electron chi connectivity index (χ4n) is 2.71. The van der Waals surface area contributed by atoms with Crippen molar-refractivity contribution in [2.24, 2.45) is 0 Å². The standard InChI is InChI=1S/C14H18FN3O2/c15-12-4-1-5-13(16-12)17-6-8-18(9-7-17)14(19)11-3-2-10-20-11/h1,4-5,11H,2-3,6-10H2/t11-/m1/s1. The van der Waals surface area contributed by atoms with E-state index in [1.165, 1.54) is 6.07 Å². The Labute approximate surface area is 117 Å². The largest absolute Gasteiger partial charge is 0.368 e. The first-order chi connectivity index (χ1) is 9.74. The first kappa shape index (κ1) is 13.3. The number of aromatic nitrogens is 1. The number of rotatable bonds is 2. The maximum atomic E-state index is 13.1. The molecule has 2 fully saturated rings. The number of hydrogen-bond acceptors (Lipinski definition) is 4. The Bertz CT molecular complexity index is 483. The van der Waals surface area contributed by atoms with Crippen LogP contribution in [0.5, 0.6) is 0 Å². The third kappa shape index (κ3) is 2.75. The number of amides is 1. The Morgan fingerprint density at radius 3 is 2.75 bits per heavy atom. The van der Waals surface area contributed by atoms with Crippen LogP contribution in [0.3, 0.4) is 0 Å². The van der Waals surface area contributed by atoms with Crippen LogP contribution in [0.1, 0.15) is 12.8 Å². The van der Waals surface area contributed by atoms with Gasteiger partial charge in [-0.05, 0) is 25.0 Å². The molecule has 6 heteroatoms. The molecule has 2 aliphatic heterocycles. The van der Waals surface area contributed by atoms with E-state index >= 15 is 0 Å². The Kier molecular flexibility index (Phi) is 3.82. The van der Waals surface area contributed by atoms with Gasteiger partial charge in [-0.15, -0.1) is 0 Å². The van der Waals surface area contributed by atoms with E-state index in [1.54, 1.807) is 12.1 Å². The van der Waals surface area contributed by atoms with Crippen molar-refractivity contribution in [3.63, 3.8) is 0 Å². The molecule has 0 bridgehead atoms. The molecular formula is C14H18FN3O2. The predicted molar refractivity (Wildman–Crippen MR) is 72.0 cm³/mol. The van der Waals surface area contributed by atoms with E-state index in [9.17, 15) is 9.18 Å². The predicted octanol–water partition coefficient (Wildman–Crippen LogP) is 1.05. The lowest BCUT2D eigenvalue weighted by atomic mass is 10.2. The van der Waals surface area contributed by atoms with Gasteiger partial charge in [-0.2, -0.15) is 4.39 Å². The van der Waals surface area contributed by atoms with Crippen molar-refractivity contribution in [3.05, 3.63) is 24.1 Å². The van der Waals surface area contributed by atoms with Gasteiger partial charge in [-0.1, -0.05) is 6.07 Å². The number of anilines is 1. The molecule has 2 saturated heterocycles. The Morgan fingerprint density at radius 1 is 1.30 bits per heavy atom. The number of ether oxygens (including phenoxy) is 1. The summed E-state index contributed by atoms with van der Waals surface area (Å²) in [6, 6.07) is 4.78. The van der Waals surface area contributed by atoms with Crippen molar-refractivity contribution in [1.82, 2.24) is 9.88 Å². The smallest absolute Gasteiger partial charge is 0.251 e. The Morgan fingerprint density at radius 2 is 2.10 bits per heavy atom. The molecule has 1 aromatic heterocycles. The highest BCUT2D eigenvalue weighted by molar-refractivity contribution is 5.81. The lowest BCUT2D eigenvalue weighted by Gasteiger charge is -2.36. The van der Waals surface area contributed by atoms with E-state index in [0.29, 0.717) is 38.6 Å². The summed E-state index contributed by atoms with van der Waals surface area (Å²) in [4.78, 5) is 19.9. The Hall–Kier alpha value is -1.69. The van der Waals surface area contributed by atoms with Crippen molar-refractivity contribution >= 4 is 11.7 Å². The van der Waals surface area contributed by atoms with Crippen LogP contribution < -0.4 is 4.90 Å². The highest BCUT2D eigenvalue weighted by Crippen LogP contribution is 2.18. The molecule has 5 nitrogen and oxygen atoms in total. The van der Waals surface area contributed by atoms with Gasteiger partial charge in [0, 0.05) is 32.8 Å². The molecule has 0 aromatic carbocycles. The molecule has 0 radical (unpaired) electrons. The maximum Gasteiger partial charge on any atom is 0.251 e.